The van der Waals surface area contributed by atoms with Gasteiger partial charge in [-0.1, -0.05) is 70.2 Å². The molecule has 25 heavy (non-hydrogen) atoms. The quantitative estimate of drug-likeness (QED) is 0.539. The Morgan fingerprint density at radius 1 is 1.00 bits per heavy atom. The molecule has 2 nitrogen and oxygen atoms in total. The normalized spacial score (nSPS) is 16.6. The number of rotatable bonds is 8. The van der Waals surface area contributed by atoms with Crippen LogP contribution in [0.5, 0.6) is 0 Å². The van der Waals surface area contributed by atoms with Crippen LogP contribution in [0.4, 0.5) is 0 Å². The van der Waals surface area contributed by atoms with E-state index in [0.29, 0.717) is 0 Å². The van der Waals surface area contributed by atoms with Crippen LogP contribution in [-0.4, -0.2) is 9.97 Å². The van der Waals surface area contributed by atoms with E-state index in [1.54, 1.807) is 0 Å². The standard InChI is InChI=1S/C23H32N2/c1-3-5-6-7-9-18-10-13-20(14-11-18)23-24-17-21-16-19(8-4-2)12-15-22(21)25-23/h10-11,13-14,17,19H,3-9,12,15-16H2,1-2H3. The van der Waals surface area contributed by atoms with Crippen LogP contribution in [0.25, 0.3) is 11.4 Å². The Balaban J connectivity index is 1.64. The van der Waals surface area contributed by atoms with Gasteiger partial charge in [-0.2, -0.15) is 0 Å². The summed E-state index contributed by atoms with van der Waals surface area (Å²) in [5.74, 6) is 1.73. The lowest BCUT2D eigenvalue weighted by atomic mass is 9.84. The molecule has 1 aromatic carbocycles. The summed E-state index contributed by atoms with van der Waals surface area (Å²) < 4.78 is 0. The summed E-state index contributed by atoms with van der Waals surface area (Å²) in [6.45, 7) is 4.54. The fourth-order valence-electron chi connectivity index (χ4n) is 3.95. The first-order chi connectivity index (χ1) is 12.3. The summed E-state index contributed by atoms with van der Waals surface area (Å²) in [6.07, 6.45) is 14.7. The molecule has 1 atom stereocenters. The van der Waals surface area contributed by atoms with Crippen molar-refractivity contribution in [3.05, 3.63) is 47.3 Å². The van der Waals surface area contributed by atoms with Gasteiger partial charge in [-0.05, 0) is 49.1 Å². The maximum Gasteiger partial charge on any atom is 0.159 e. The molecule has 0 radical (unpaired) electrons. The van der Waals surface area contributed by atoms with Gasteiger partial charge in [0.15, 0.2) is 5.82 Å². The molecule has 0 amide bonds. The molecule has 0 saturated heterocycles. The topological polar surface area (TPSA) is 25.8 Å². The first kappa shape index (κ1) is 18.1. The van der Waals surface area contributed by atoms with Gasteiger partial charge in [-0.25, -0.2) is 9.97 Å². The van der Waals surface area contributed by atoms with E-state index in [1.807, 2.05) is 0 Å². The molecule has 1 aliphatic rings. The second-order valence-electron chi connectivity index (χ2n) is 7.57. The largest absolute Gasteiger partial charge is 0.236 e. The maximum absolute atomic E-state index is 4.88. The van der Waals surface area contributed by atoms with Crippen LogP contribution < -0.4 is 0 Å². The summed E-state index contributed by atoms with van der Waals surface area (Å²) in [7, 11) is 0. The van der Waals surface area contributed by atoms with Crippen LogP contribution in [0.1, 0.15) is 75.6 Å². The molecular weight excluding hydrogens is 304 g/mol. The predicted octanol–water partition coefficient (Wildman–Crippen LogP) is 6.17. The van der Waals surface area contributed by atoms with E-state index >= 15 is 0 Å². The number of unbranched alkanes of at least 4 members (excludes halogenated alkanes) is 3. The summed E-state index contributed by atoms with van der Waals surface area (Å²) in [4.78, 5) is 9.55. The van der Waals surface area contributed by atoms with Gasteiger partial charge < -0.3 is 0 Å². The number of hydrogen-bond donors (Lipinski definition) is 0. The van der Waals surface area contributed by atoms with Gasteiger partial charge in [-0.15, -0.1) is 0 Å². The molecule has 0 aliphatic heterocycles. The minimum absolute atomic E-state index is 0.832. The van der Waals surface area contributed by atoms with Crippen molar-refractivity contribution in [3.8, 4) is 11.4 Å². The van der Waals surface area contributed by atoms with Crippen molar-refractivity contribution < 1.29 is 0 Å². The Hall–Kier alpha value is -1.70. The van der Waals surface area contributed by atoms with E-state index in [0.717, 1.165) is 23.7 Å². The zero-order chi connectivity index (χ0) is 17.5. The summed E-state index contributed by atoms with van der Waals surface area (Å²) in [5, 5.41) is 0. The zero-order valence-electron chi connectivity index (χ0n) is 15.9. The second kappa shape index (κ2) is 9.12. The smallest absolute Gasteiger partial charge is 0.159 e. The number of benzene rings is 1. The van der Waals surface area contributed by atoms with Crippen LogP contribution in [0, 0.1) is 5.92 Å². The lowest BCUT2D eigenvalue weighted by molar-refractivity contribution is 0.417. The summed E-state index contributed by atoms with van der Waals surface area (Å²) in [5.41, 5.74) is 5.23. The molecule has 0 bridgehead atoms. The molecule has 1 aliphatic carbocycles. The van der Waals surface area contributed by atoms with Crippen LogP contribution in [-0.2, 0) is 19.3 Å². The fraction of sp³-hybridized carbons (Fsp3) is 0.565. The van der Waals surface area contributed by atoms with Crippen molar-refractivity contribution in [2.75, 3.05) is 0 Å². The molecule has 0 saturated carbocycles. The van der Waals surface area contributed by atoms with Crippen LogP contribution in [0.2, 0.25) is 0 Å². The Labute approximate surface area is 153 Å². The van der Waals surface area contributed by atoms with Gasteiger partial charge >= 0.3 is 0 Å². The van der Waals surface area contributed by atoms with Crippen molar-refractivity contribution >= 4 is 0 Å². The first-order valence-electron chi connectivity index (χ1n) is 10.2. The first-order valence-corrected chi connectivity index (χ1v) is 10.2. The van der Waals surface area contributed by atoms with Crippen molar-refractivity contribution in [1.29, 1.82) is 0 Å². The van der Waals surface area contributed by atoms with Gasteiger partial charge in [0.1, 0.15) is 0 Å². The zero-order valence-corrected chi connectivity index (χ0v) is 15.9. The number of nitrogens with zero attached hydrogens (tertiary/aromatic N) is 2. The second-order valence-corrected chi connectivity index (χ2v) is 7.57. The number of hydrogen-bond acceptors (Lipinski definition) is 2. The van der Waals surface area contributed by atoms with Crippen LogP contribution in [0.15, 0.2) is 30.5 Å². The Kier molecular flexibility index (Phi) is 6.61. The van der Waals surface area contributed by atoms with Gasteiger partial charge in [0.25, 0.3) is 0 Å². The lowest BCUT2D eigenvalue weighted by Gasteiger charge is -2.23. The third-order valence-electron chi connectivity index (χ3n) is 5.48. The van der Waals surface area contributed by atoms with E-state index in [2.05, 4.69) is 49.3 Å². The third-order valence-corrected chi connectivity index (χ3v) is 5.48. The van der Waals surface area contributed by atoms with Crippen LogP contribution in [0.3, 0.4) is 0 Å². The Morgan fingerprint density at radius 2 is 1.84 bits per heavy atom. The molecule has 0 fully saturated rings. The number of fused-ring (bicyclic) bond motifs is 1. The summed E-state index contributed by atoms with van der Waals surface area (Å²) >= 11 is 0. The lowest BCUT2D eigenvalue weighted by Crippen LogP contribution is -2.16. The minimum Gasteiger partial charge on any atom is -0.236 e. The van der Waals surface area contributed by atoms with E-state index in [1.165, 1.54) is 74.6 Å². The minimum atomic E-state index is 0.832. The van der Waals surface area contributed by atoms with Gasteiger partial charge in [0.05, 0.1) is 0 Å². The maximum atomic E-state index is 4.88. The molecule has 3 rings (SSSR count). The Bertz CT molecular complexity index is 660. The third kappa shape index (κ3) is 4.90. The van der Waals surface area contributed by atoms with E-state index < -0.39 is 0 Å². The SMILES string of the molecule is CCCCCCc1ccc(-c2ncc3c(n2)CCC(CCC)C3)cc1. The molecule has 2 heteroatoms. The molecule has 0 N–H and O–H groups in total. The molecule has 2 aromatic rings. The highest BCUT2D eigenvalue weighted by Gasteiger charge is 2.20. The van der Waals surface area contributed by atoms with Gasteiger partial charge in [0, 0.05) is 17.5 Å². The molecule has 134 valence electrons. The summed E-state index contributed by atoms with van der Waals surface area (Å²) in [6, 6.07) is 8.89. The highest BCUT2D eigenvalue weighted by atomic mass is 14.9. The average Bonchev–Trinajstić information content (AvgIpc) is 2.66. The number of aryl methyl sites for hydroxylation is 2. The molecule has 1 heterocycles. The van der Waals surface area contributed by atoms with E-state index in [9.17, 15) is 0 Å². The fourth-order valence-corrected chi connectivity index (χ4v) is 3.95. The monoisotopic (exact) mass is 336 g/mol. The molecule has 0 spiro atoms. The van der Waals surface area contributed by atoms with Crippen molar-refractivity contribution in [2.45, 2.75) is 78.1 Å². The number of aromatic nitrogens is 2. The van der Waals surface area contributed by atoms with Gasteiger partial charge in [0.2, 0.25) is 0 Å². The molecular formula is C23H32N2. The molecule has 1 aromatic heterocycles. The van der Waals surface area contributed by atoms with Crippen molar-refractivity contribution in [3.63, 3.8) is 0 Å². The average molecular weight is 337 g/mol. The van der Waals surface area contributed by atoms with Gasteiger partial charge in [-0.3, -0.25) is 0 Å². The van der Waals surface area contributed by atoms with E-state index in [-0.39, 0.29) is 0 Å². The highest BCUT2D eigenvalue weighted by molar-refractivity contribution is 5.55. The van der Waals surface area contributed by atoms with Crippen molar-refractivity contribution in [2.24, 2.45) is 5.92 Å². The highest BCUT2D eigenvalue weighted by Crippen LogP contribution is 2.28. The Morgan fingerprint density at radius 3 is 2.60 bits per heavy atom. The van der Waals surface area contributed by atoms with Crippen LogP contribution >= 0.6 is 0 Å². The molecule has 1 unspecified atom stereocenters. The predicted molar refractivity (Wildman–Crippen MR) is 106 cm³/mol. The van der Waals surface area contributed by atoms with Crippen molar-refractivity contribution in [1.82, 2.24) is 9.97 Å². The van der Waals surface area contributed by atoms with E-state index in [4.69, 9.17) is 4.98 Å².